The zero-order chi connectivity index (χ0) is 19.6. The highest BCUT2D eigenvalue weighted by atomic mass is 16.5. The topological polar surface area (TPSA) is 54.7 Å². The average Bonchev–Trinajstić information content (AvgIpc) is 2.66. The molecule has 2 aromatic rings. The summed E-state index contributed by atoms with van der Waals surface area (Å²) in [6.07, 6.45) is 2.17. The fourth-order valence-corrected chi connectivity index (χ4v) is 4.13. The third kappa shape index (κ3) is 3.74. The summed E-state index contributed by atoms with van der Waals surface area (Å²) in [6.45, 7) is 8.44. The lowest BCUT2D eigenvalue weighted by atomic mass is 9.91. The van der Waals surface area contributed by atoms with Crippen LogP contribution in [-0.4, -0.2) is 34.8 Å². The van der Waals surface area contributed by atoms with Crippen molar-refractivity contribution in [2.45, 2.75) is 46.2 Å². The van der Waals surface area contributed by atoms with Gasteiger partial charge in [-0.2, -0.15) is 0 Å². The van der Waals surface area contributed by atoms with Crippen LogP contribution in [0.15, 0.2) is 35.1 Å². The molecule has 0 amide bonds. The number of para-hydroxylation sites is 1. The van der Waals surface area contributed by atoms with Crippen molar-refractivity contribution in [2.75, 3.05) is 20.2 Å². The number of nitrogens with zero attached hydrogens (tertiary/aromatic N) is 2. The lowest BCUT2D eigenvalue weighted by Crippen LogP contribution is -2.40. The van der Waals surface area contributed by atoms with Crippen molar-refractivity contribution in [3.8, 4) is 11.5 Å². The van der Waals surface area contributed by atoms with Crippen LogP contribution in [-0.2, 0) is 6.54 Å². The molecule has 1 aromatic heterocycles. The molecule has 1 aromatic carbocycles. The first-order valence-corrected chi connectivity index (χ1v) is 9.78. The van der Waals surface area contributed by atoms with E-state index in [1.807, 2.05) is 38.1 Å². The Balaban J connectivity index is 2.21. The van der Waals surface area contributed by atoms with E-state index < -0.39 is 0 Å². The number of likely N-dealkylation sites (tertiary alicyclic amines) is 1. The Hall–Kier alpha value is -2.27. The molecule has 0 unspecified atom stereocenters. The zero-order valence-electron chi connectivity index (χ0n) is 16.7. The molecule has 0 radical (unpaired) electrons. The number of methoxy groups -OCH3 is 1. The summed E-state index contributed by atoms with van der Waals surface area (Å²) >= 11 is 0. The van der Waals surface area contributed by atoms with Gasteiger partial charge in [0.15, 0.2) is 0 Å². The van der Waals surface area contributed by atoms with E-state index in [0.29, 0.717) is 18.0 Å². The first kappa shape index (κ1) is 19.5. The van der Waals surface area contributed by atoms with Crippen molar-refractivity contribution in [3.05, 3.63) is 57.5 Å². The predicted octanol–water partition coefficient (Wildman–Crippen LogP) is 3.71. The molecule has 3 rings (SSSR count). The van der Waals surface area contributed by atoms with Gasteiger partial charge in [0.2, 0.25) is 0 Å². The number of hydrogen-bond donors (Lipinski definition) is 1. The van der Waals surface area contributed by atoms with Gasteiger partial charge < -0.3 is 14.4 Å². The van der Waals surface area contributed by atoms with E-state index in [4.69, 9.17) is 4.74 Å². The summed E-state index contributed by atoms with van der Waals surface area (Å²) in [6, 6.07) is 9.18. The van der Waals surface area contributed by atoms with Gasteiger partial charge in [-0.15, -0.1) is 0 Å². The van der Waals surface area contributed by atoms with Crippen LogP contribution in [0.5, 0.6) is 11.5 Å². The van der Waals surface area contributed by atoms with Gasteiger partial charge in [0.1, 0.15) is 11.5 Å². The number of rotatable bonds is 5. The highest BCUT2D eigenvalue weighted by molar-refractivity contribution is 5.46. The number of pyridine rings is 1. The summed E-state index contributed by atoms with van der Waals surface area (Å²) in [4.78, 5) is 15.6. The molecule has 5 heteroatoms. The predicted molar refractivity (Wildman–Crippen MR) is 108 cm³/mol. The van der Waals surface area contributed by atoms with Gasteiger partial charge in [-0.1, -0.05) is 25.1 Å². The Kier molecular flexibility index (Phi) is 5.90. The largest absolute Gasteiger partial charge is 0.507 e. The summed E-state index contributed by atoms with van der Waals surface area (Å²) in [7, 11) is 1.65. The minimum Gasteiger partial charge on any atom is -0.507 e. The van der Waals surface area contributed by atoms with Crippen LogP contribution in [0, 0.1) is 12.8 Å². The Bertz CT molecular complexity index is 851. The zero-order valence-corrected chi connectivity index (χ0v) is 16.7. The first-order chi connectivity index (χ1) is 13.0. The van der Waals surface area contributed by atoms with Gasteiger partial charge in [-0.25, -0.2) is 0 Å². The fraction of sp³-hybridized carbons (Fsp3) is 0.500. The maximum Gasteiger partial charge on any atom is 0.259 e. The number of piperidine rings is 1. The van der Waals surface area contributed by atoms with E-state index in [1.54, 1.807) is 17.7 Å². The minimum absolute atomic E-state index is 0.0664. The van der Waals surface area contributed by atoms with Crippen LogP contribution in [0.3, 0.4) is 0 Å². The maximum atomic E-state index is 13.3. The third-order valence-corrected chi connectivity index (χ3v) is 5.73. The quantitative estimate of drug-likeness (QED) is 0.872. The summed E-state index contributed by atoms with van der Waals surface area (Å²) < 4.78 is 7.33. The highest BCUT2D eigenvalue weighted by Crippen LogP contribution is 2.38. The van der Waals surface area contributed by atoms with Crippen LogP contribution in [0.25, 0.3) is 0 Å². The molecular weight excluding hydrogens is 340 g/mol. The summed E-state index contributed by atoms with van der Waals surface area (Å²) in [5.41, 5.74) is 2.02. The van der Waals surface area contributed by atoms with Crippen molar-refractivity contribution in [1.82, 2.24) is 9.47 Å². The van der Waals surface area contributed by atoms with E-state index >= 15 is 0 Å². The lowest BCUT2D eigenvalue weighted by molar-refractivity contribution is 0.153. The minimum atomic E-state index is -0.320. The normalized spacial score (nSPS) is 17.0. The molecule has 1 saturated heterocycles. The molecule has 1 aliphatic heterocycles. The number of hydrogen-bond acceptors (Lipinski definition) is 4. The van der Waals surface area contributed by atoms with Crippen LogP contribution >= 0.6 is 0 Å². The van der Waals surface area contributed by atoms with E-state index in [0.717, 1.165) is 42.9 Å². The molecule has 0 aliphatic carbocycles. The second-order valence-electron chi connectivity index (χ2n) is 7.50. The lowest BCUT2D eigenvalue weighted by Gasteiger charge is -2.37. The summed E-state index contributed by atoms with van der Waals surface area (Å²) in [5.74, 6) is 1.48. The SMILES string of the molecule is CCn1c(C)cc(O)c([C@H](c2ccccc2OC)N2CCC(C)CC2)c1=O. The average molecular weight is 370 g/mol. The summed E-state index contributed by atoms with van der Waals surface area (Å²) in [5, 5.41) is 10.8. The Morgan fingerprint density at radius 3 is 2.56 bits per heavy atom. The standard InChI is InChI=1S/C22H30N2O3/c1-5-24-16(3)14-18(25)20(22(24)26)21(23-12-10-15(2)11-13-23)17-8-6-7-9-19(17)27-4/h6-9,14-15,21,25H,5,10-13H2,1-4H3/t21-/m0/s1. The molecule has 1 fully saturated rings. The number of ether oxygens (including phenoxy) is 1. The van der Waals surface area contributed by atoms with Crippen LogP contribution in [0.2, 0.25) is 0 Å². The van der Waals surface area contributed by atoms with E-state index in [-0.39, 0.29) is 17.4 Å². The van der Waals surface area contributed by atoms with E-state index in [2.05, 4.69) is 11.8 Å². The molecular formula is C22H30N2O3. The highest BCUT2D eigenvalue weighted by Gasteiger charge is 2.32. The van der Waals surface area contributed by atoms with Crippen molar-refractivity contribution < 1.29 is 9.84 Å². The van der Waals surface area contributed by atoms with Crippen LogP contribution in [0.4, 0.5) is 0 Å². The van der Waals surface area contributed by atoms with Crippen molar-refractivity contribution in [3.63, 3.8) is 0 Å². The van der Waals surface area contributed by atoms with E-state index in [1.165, 1.54) is 0 Å². The van der Waals surface area contributed by atoms with Gasteiger partial charge in [-0.05, 0) is 57.8 Å². The van der Waals surface area contributed by atoms with Gasteiger partial charge in [0.25, 0.3) is 5.56 Å². The number of aromatic hydroxyl groups is 1. The molecule has 146 valence electrons. The first-order valence-electron chi connectivity index (χ1n) is 9.78. The van der Waals surface area contributed by atoms with Gasteiger partial charge in [0, 0.05) is 17.8 Å². The van der Waals surface area contributed by atoms with E-state index in [9.17, 15) is 9.90 Å². The molecule has 0 saturated carbocycles. The Labute approximate surface area is 161 Å². The molecule has 0 spiro atoms. The van der Waals surface area contributed by atoms with Crippen molar-refractivity contribution in [2.24, 2.45) is 5.92 Å². The third-order valence-electron chi connectivity index (χ3n) is 5.73. The van der Waals surface area contributed by atoms with Crippen molar-refractivity contribution in [1.29, 1.82) is 0 Å². The molecule has 1 atom stereocenters. The number of benzene rings is 1. The second-order valence-corrected chi connectivity index (χ2v) is 7.50. The van der Waals surface area contributed by atoms with Gasteiger partial charge >= 0.3 is 0 Å². The Morgan fingerprint density at radius 1 is 1.26 bits per heavy atom. The monoisotopic (exact) mass is 370 g/mol. The van der Waals surface area contributed by atoms with Crippen LogP contribution in [0.1, 0.15) is 49.6 Å². The molecule has 1 aliphatic rings. The molecule has 0 bridgehead atoms. The Morgan fingerprint density at radius 2 is 1.93 bits per heavy atom. The molecule has 27 heavy (non-hydrogen) atoms. The number of aromatic nitrogens is 1. The smallest absolute Gasteiger partial charge is 0.259 e. The maximum absolute atomic E-state index is 13.3. The molecule has 5 nitrogen and oxygen atoms in total. The molecule has 2 heterocycles. The fourth-order valence-electron chi connectivity index (χ4n) is 4.13. The van der Waals surface area contributed by atoms with Crippen LogP contribution < -0.4 is 10.3 Å². The second kappa shape index (κ2) is 8.17. The van der Waals surface area contributed by atoms with Gasteiger partial charge in [0.05, 0.1) is 18.7 Å². The van der Waals surface area contributed by atoms with Gasteiger partial charge in [-0.3, -0.25) is 9.69 Å². The number of aryl methyl sites for hydroxylation is 1. The molecule has 1 N–H and O–H groups in total. The van der Waals surface area contributed by atoms with Crippen molar-refractivity contribution >= 4 is 0 Å².